The van der Waals surface area contributed by atoms with Crippen LogP contribution in [0.3, 0.4) is 0 Å². The lowest BCUT2D eigenvalue weighted by Crippen LogP contribution is -2.75. The van der Waals surface area contributed by atoms with Crippen LogP contribution in [-0.2, 0) is 0 Å². The molecular weight excluding hydrogens is 750 g/mol. The van der Waals surface area contributed by atoms with Crippen molar-refractivity contribution in [2.75, 3.05) is 0 Å². The Labute approximate surface area is 400 Å². The molecule has 9 aromatic carbocycles. The molecule has 0 radical (unpaired) electrons. The topological polar surface area (TPSA) is 14.2 Å². The second kappa shape index (κ2) is 13.7. The third-order valence-electron chi connectivity index (χ3n) is 9.86. The van der Waals surface area contributed by atoms with Crippen LogP contribution in [0.15, 0.2) is 222 Å². The molecule has 2 aliphatic heterocycles. The van der Waals surface area contributed by atoms with E-state index in [9.17, 15) is 26.0 Å². The van der Waals surface area contributed by atoms with Gasteiger partial charge in [-0.25, -0.2) is 0 Å². The molecule has 5 heteroatoms. The molecule has 0 saturated carbocycles. The third-order valence-corrected chi connectivity index (χ3v) is 15.2. The number of hydrogen-bond donors (Lipinski definition) is 0. The predicted molar refractivity (Wildman–Crippen MR) is 253 cm³/mol. The van der Waals surface area contributed by atoms with Gasteiger partial charge in [0.25, 0.3) is 5.99 Å². The van der Waals surface area contributed by atoms with Crippen molar-refractivity contribution >= 4 is 79.2 Å². The fourth-order valence-electron chi connectivity index (χ4n) is 7.47. The summed E-state index contributed by atoms with van der Waals surface area (Å²) in [6, 6.07) is -40.7. The lowest BCUT2D eigenvalue weighted by molar-refractivity contribution is 0.488. The fourth-order valence-corrected chi connectivity index (χ4v) is 12.5. The molecule has 0 atom stereocenters. The summed E-state index contributed by atoms with van der Waals surface area (Å²) in [5.74, 6) is -3.51. The Bertz CT molecular complexity index is 5030. The maximum atomic E-state index is 10.4. The van der Waals surface area contributed by atoms with Gasteiger partial charge in [-0.1, -0.05) is 181 Å². The Morgan fingerprint density at radius 2 is 1.02 bits per heavy atom. The molecule has 276 valence electrons. The molecule has 59 heavy (non-hydrogen) atoms. The first-order valence-corrected chi connectivity index (χ1v) is 20.2. The zero-order chi connectivity index (χ0) is 70.2. The normalized spacial score (nSPS) is 21.3. The van der Waals surface area contributed by atoms with Crippen molar-refractivity contribution in [2.24, 2.45) is 0 Å². The molecule has 1 aromatic heterocycles. The Hall–Kier alpha value is -6.79. The second-order valence-corrected chi connectivity index (χ2v) is 17.4. The average molecular weight is 822 g/mol. The predicted octanol–water partition coefficient (Wildman–Crippen LogP) is 9.81. The van der Waals surface area contributed by atoms with Crippen LogP contribution in [0.25, 0.3) is 49.7 Å². The number of para-hydroxylation sites is 2. The highest BCUT2D eigenvalue weighted by Crippen LogP contribution is 2.45. The molecule has 0 fully saturated rings. The smallest absolute Gasteiger partial charge is 0.289 e. The Morgan fingerprint density at radius 3 is 1.66 bits per heavy atom. The first-order valence-electron chi connectivity index (χ1n) is 35.3. The van der Waals surface area contributed by atoms with Crippen molar-refractivity contribution in [3.05, 3.63) is 218 Å². The molecule has 12 rings (SSSR count). The van der Waals surface area contributed by atoms with Crippen LogP contribution in [0.2, 0.25) is 0 Å². The van der Waals surface area contributed by atoms with Crippen LogP contribution in [0.1, 0.15) is 49.3 Å². The summed E-state index contributed by atoms with van der Waals surface area (Å²) < 4.78 is 343. The summed E-state index contributed by atoms with van der Waals surface area (Å²) in [6.07, 6.45) is 0. The van der Waals surface area contributed by atoms with Gasteiger partial charge in [0.1, 0.15) is 11.5 Å². The van der Waals surface area contributed by atoms with Gasteiger partial charge in [0.05, 0.1) is 66.1 Å². The second-order valence-electron chi connectivity index (χ2n) is 12.8. The maximum absolute atomic E-state index is 10.4. The summed E-state index contributed by atoms with van der Waals surface area (Å²) >= 11 is 0.532. The fraction of sp³-hybridized carbons (Fsp3) is 0. The summed E-state index contributed by atoms with van der Waals surface area (Å²) in [5, 5.41) is -6.09. The van der Waals surface area contributed by atoms with E-state index in [1.165, 1.54) is 0 Å². The van der Waals surface area contributed by atoms with Crippen molar-refractivity contribution < 1.29 is 54.1 Å². The summed E-state index contributed by atoms with van der Waals surface area (Å²) in [4.78, 5) is -0.386. The van der Waals surface area contributed by atoms with Crippen molar-refractivity contribution in [3.8, 4) is 39.4 Å². The van der Waals surface area contributed by atoms with E-state index in [0.29, 0.717) is 11.6 Å². The van der Waals surface area contributed by atoms with E-state index in [1.54, 1.807) is 0 Å². The molecule has 2 nitrogen and oxygen atoms in total. The minimum absolute atomic E-state index is 0.374. The van der Waals surface area contributed by atoms with E-state index in [1.807, 2.05) is 0 Å². The van der Waals surface area contributed by atoms with E-state index in [0.717, 1.165) is 4.57 Å². The highest BCUT2D eigenvalue weighted by atomic mass is 32.2. The first kappa shape index (κ1) is 13.9. The molecule has 3 heterocycles. The van der Waals surface area contributed by atoms with Gasteiger partial charge in [-0.2, -0.15) is 11.6 Å². The van der Waals surface area contributed by atoms with Gasteiger partial charge >= 0.3 is 0 Å². The van der Waals surface area contributed by atoms with Crippen molar-refractivity contribution in [2.45, 2.75) is 4.90 Å². The van der Waals surface area contributed by atoms with Crippen LogP contribution < -0.4 is 36.4 Å². The summed E-state index contributed by atoms with van der Waals surface area (Å²) in [7, 11) is -6.66. The number of benzene rings is 9. The number of hydrogen-bond acceptors (Lipinski definition) is 2. The van der Waals surface area contributed by atoms with Crippen LogP contribution in [-0.4, -0.2) is 18.6 Å². The van der Waals surface area contributed by atoms with E-state index in [4.69, 9.17) is 28.0 Å². The maximum Gasteiger partial charge on any atom is 0.289 e. The van der Waals surface area contributed by atoms with Gasteiger partial charge in [0.15, 0.2) is 8.07 Å². The zero-order valence-corrected chi connectivity index (χ0v) is 31.2. The molecule has 0 unspecified atom stereocenters. The Kier molecular flexibility index (Phi) is 3.22. The van der Waals surface area contributed by atoms with Gasteiger partial charge in [0, 0.05) is 21.7 Å². The quantitative estimate of drug-likeness (QED) is 0.123. The van der Waals surface area contributed by atoms with Gasteiger partial charge in [0.2, 0.25) is 0 Å². The van der Waals surface area contributed by atoms with Crippen molar-refractivity contribution in [3.63, 3.8) is 0 Å². The van der Waals surface area contributed by atoms with Gasteiger partial charge < -0.3 is 9.30 Å². The molecule has 0 N–H and O–H groups in total. The van der Waals surface area contributed by atoms with Crippen molar-refractivity contribution in [1.82, 2.24) is 4.57 Å². The standard InChI is InChI=1S/C54H36BNOSSi/c1-4-18-39(19-5-1)59(40-20-6-2-7-21-40,41-22-8-3-9-23-41)53-31-17-13-24-42(53)37-32-33-47-50(34-37)57-51-36-38(35-46-45-27-12-16-30-52(45)58-55(47)54(46)51)56-48-28-14-10-25-43(48)44-26-11-15-29-49(44)56/h1-36H/i1D,2D,3D,4D,5D,6D,7D,8D,9D,10D,11D,12D,13D,14D,15D,16D,17D,18D,19D,20D,21D,22D,23D,24D,25D,26D,27D,28D,29D,30D,31D,32D,33D,34D,35D,36D. The minimum Gasteiger partial charge on any atom is -0.458 e. The molecule has 0 amide bonds. The lowest BCUT2D eigenvalue weighted by Gasteiger charge is -2.36. The van der Waals surface area contributed by atoms with Crippen LogP contribution in [0.4, 0.5) is 0 Å². The number of ether oxygens (including phenoxy) is 1. The largest absolute Gasteiger partial charge is 0.458 e. The van der Waals surface area contributed by atoms with Gasteiger partial charge in [-0.3, -0.25) is 0 Å². The Balaban J connectivity index is 1.32. The number of nitrogens with zero attached hydrogens (tertiary/aromatic N) is 1. The van der Waals surface area contributed by atoms with Crippen molar-refractivity contribution in [1.29, 1.82) is 0 Å². The van der Waals surface area contributed by atoms with Gasteiger partial charge in [-0.15, -0.1) is 0 Å². The van der Waals surface area contributed by atoms with E-state index >= 15 is 0 Å². The monoisotopic (exact) mass is 821 g/mol. The van der Waals surface area contributed by atoms with Crippen LogP contribution >= 0.6 is 11.6 Å². The summed E-state index contributed by atoms with van der Waals surface area (Å²) in [6.45, 7) is 0. The van der Waals surface area contributed by atoms with Crippen LogP contribution in [0.5, 0.6) is 11.5 Å². The molecule has 0 saturated heterocycles. The first-order chi connectivity index (χ1) is 44.2. The Morgan fingerprint density at radius 1 is 0.475 bits per heavy atom. The van der Waals surface area contributed by atoms with Crippen LogP contribution in [0, 0.1) is 0 Å². The lowest BCUT2D eigenvalue weighted by atomic mass is 9.57. The minimum atomic E-state index is -6.66. The highest BCUT2D eigenvalue weighted by Gasteiger charge is 2.43. The highest BCUT2D eigenvalue weighted by molar-refractivity contribution is 8.28. The molecular formula is C54H36BNOSSi. The van der Waals surface area contributed by atoms with E-state index < -0.39 is 319 Å². The average Bonchev–Trinajstić information content (AvgIpc) is 1.57. The SMILES string of the molecule is [2H]c1c([2H])c([2H])c([Si](c2c([2H])c([2H])c([2H])c([2H])c2[2H])(c2c([2H])c([2H])c([2H])c([2H])c2[2H])c2c([2H])c([2H])c([2H])c([2H])c2-c2c([2H])c([2H])c3c(c2[2H])Oc2c([2H])c(-n4c5c([2H])c([2H])c([2H])c([2H])c5c5c([2H])c([2H])c([2H])c([2H])c54)c([2H])c4c2B3Sc2c([2H])c([2H])c([2H])c([2H])c2-4)c([2H])c1[2H]. The summed E-state index contributed by atoms with van der Waals surface area (Å²) in [5.41, 5.74) is -6.51. The molecule has 0 aliphatic carbocycles. The number of fused-ring (bicyclic) bond motifs is 7. The molecule has 0 spiro atoms. The number of rotatable bonds is 6. The number of aromatic nitrogens is 1. The zero-order valence-electron chi connectivity index (χ0n) is 65.3. The van der Waals surface area contributed by atoms with E-state index in [2.05, 4.69) is 0 Å². The van der Waals surface area contributed by atoms with E-state index in [-0.39, 0.29) is 10.4 Å². The van der Waals surface area contributed by atoms with Gasteiger partial charge in [-0.05, 0) is 84.1 Å². The molecule has 10 aromatic rings. The molecule has 2 aliphatic rings. The molecule has 0 bridgehead atoms. The third kappa shape index (κ3) is 5.22.